The van der Waals surface area contributed by atoms with Crippen LogP contribution in [0.3, 0.4) is 0 Å². The van der Waals surface area contributed by atoms with E-state index in [0.29, 0.717) is 49.9 Å². The second-order valence-electron chi connectivity index (χ2n) is 13.1. The van der Waals surface area contributed by atoms with Crippen LogP contribution in [0, 0.1) is 5.82 Å². The third-order valence-electron chi connectivity index (χ3n) is 9.41. The standard InChI is InChI=1S/C41H50F4N4O3/c1-5-48(6-2)25-26-49(28-32-12-16-33(17-13-32)34-18-20-35(21-19-34)41(43,44)45)40(51)47-52-27-24-29(3)37-8-7-9-38(37)39(50)46-30(4)10-11-31-14-22-36(42)23-15-31/h12-23,40,47,51H,3,5-11,24-28H2,1-2,4H3. The van der Waals surface area contributed by atoms with Crippen LogP contribution >= 0.6 is 0 Å². The molecule has 0 saturated heterocycles. The van der Waals surface area contributed by atoms with Crippen molar-refractivity contribution in [3.8, 4) is 11.1 Å². The SMILES string of the molecule is C=C(CCONC(O)N(CCN(CC)CC)Cc1ccc(-c2ccc(C(F)(F)F)cc2)cc1)C1=C(C(=O)N=C(C)CCc2ccc(F)cc2)CCC1. The molecule has 1 unspecified atom stereocenters. The van der Waals surface area contributed by atoms with Crippen LogP contribution in [0.25, 0.3) is 11.1 Å². The average molecular weight is 723 g/mol. The predicted molar refractivity (Wildman–Crippen MR) is 198 cm³/mol. The zero-order valence-electron chi connectivity index (χ0n) is 30.3. The summed E-state index contributed by atoms with van der Waals surface area (Å²) in [6.07, 6.45) is -1.53. The molecule has 3 aromatic rings. The van der Waals surface area contributed by atoms with Crippen molar-refractivity contribution in [2.24, 2.45) is 4.99 Å². The number of hydroxylamine groups is 1. The van der Waals surface area contributed by atoms with Crippen LogP contribution in [0.15, 0.2) is 101 Å². The minimum absolute atomic E-state index is 0.229. The van der Waals surface area contributed by atoms with Gasteiger partial charge in [0.15, 0.2) is 6.35 Å². The normalized spacial score (nSPS) is 14.5. The molecular formula is C41H50F4N4O3. The number of aliphatic hydroxyl groups excluding tert-OH is 1. The van der Waals surface area contributed by atoms with Gasteiger partial charge in [-0.25, -0.2) is 9.38 Å². The summed E-state index contributed by atoms with van der Waals surface area (Å²) >= 11 is 0. The average Bonchev–Trinajstić information content (AvgIpc) is 3.64. The van der Waals surface area contributed by atoms with E-state index in [1.807, 2.05) is 36.1 Å². The Morgan fingerprint density at radius 2 is 1.50 bits per heavy atom. The molecule has 1 aliphatic carbocycles. The second-order valence-corrected chi connectivity index (χ2v) is 13.1. The molecule has 0 saturated carbocycles. The van der Waals surface area contributed by atoms with Crippen molar-refractivity contribution in [1.29, 1.82) is 0 Å². The van der Waals surface area contributed by atoms with Gasteiger partial charge in [0, 0.05) is 30.9 Å². The molecule has 0 aromatic heterocycles. The number of allylic oxidation sites excluding steroid dienone is 1. The number of alkyl halides is 3. The number of rotatable bonds is 19. The van der Waals surface area contributed by atoms with Crippen LogP contribution < -0.4 is 5.48 Å². The van der Waals surface area contributed by atoms with E-state index < -0.39 is 18.1 Å². The first-order valence-electron chi connectivity index (χ1n) is 17.9. The summed E-state index contributed by atoms with van der Waals surface area (Å²) in [5.74, 6) is -0.519. The molecule has 1 aliphatic rings. The molecule has 0 fully saturated rings. The van der Waals surface area contributed by atoms with E-state index in [-0.39, 0.29) is 18.3 Å². The summed E-state index contributed by atoms with van der Waals surface area (Å²) < 4.78 is 52.2. The molecule has 0 aliphatic heterocycles. The van der Waals surface area contributed by atoms with Crippen LogP contribution in [0.1, 0.15) is 69.6 Å². The molecule has 1 atom stereocenters. The molecule has 280 valence electrons. The maximum Gasteiger partial charge on any atom is 0.416 e. The lowest BCUT2D eigenvalue weighted by molar-refractivity contribution is -0.137. The largest absolute Gasteiger partial charge is 0.416 e. The van der Waals surface area contributed by atoms with Crippen LogP contribution in [-0.2, 0) is 28.8 Å². The maximum absolute atomic E-state index is 13.2. The minimum Gasteiger partial charge on any atom is -0.364 e. The molecule has 0 spiro atoms. The Hall–Kier alpha value is -4.00. The zero-order chi connectivity index (χ0) is 37.7. The smallest absolute Gasteiger partial charge is 0.364 e. The number of carbonyl (C=O) groups is 1. The first-order chi connectivity index (χ1) is 24.9. The Kier molecular flexibility index (Phi) is 15.5. The van der Waals surface area contributed by atoms with Gasteiger partial charge in [-0.3, -0.25) is 14.5 Å². The van der Waals surface area contributed by atoms with Gasteiger partial charge in [-0.15, -0.1) is 0 Å². The Labute approximate surface area is 304 Å². The highest BCUT2D eigenvalue weighted by atomic mass is 19.4. The highest BCUT2D eigenvalue weighted by Crippen LogP contribution is 2.33. The number of nitrogens with one attached hydrogen (secondary N) is 1. The summed E-state index contributed by atoms with van der Waals surface area (Å²) in [5.41, 5.74) is 8.59. The molecule has 3 aromatic carbocycles. The van der Waals surface area contributed by atoms with E-state index in [4.69, 9.17) is 4.84 Å². The number of benzene rings is 3. The molecule has 7 nitrogen and oxygen atoms in total. The van der Waals surface area contributed by atoms with Crippen LogP contribution in [-0.4, -0.2) is 65.7 Å². The Morgan fingerprint density at radius 3 is 2.12 bits per heavy atom. The molecule has 0 bridgehead atoms. The molecule has 0 heterocycles. The monoisotopic (exact) mass is 722 g/mol. The Morgan fingerprint density at radius 1 is 0.904 bits per heavy atom. The fourth-order valence-electron chi connectivity index (χ4n) is 6.16. The van der Waals surface area contributed by atoms with Gasteiger partial charge in [0.25, 0.3) is 5.91 Å². The van der Waals surface area contributed by atoms with Gasteiger partial charge in [-0.2, -0.15) is 18.7 Å². The lowest BCUT2D eigenvalue weighted by Gasteiger charge is -2.30. The number of nitrogens with zero attached hydrogens (tertiary/aromatic N) is 3. The van der Waals surface area contributed by atoms with Crippen molar-refractivity contribution in [3.05, 3.63) is 119 Å². The molecule has 52 heavy (non-hydrogen) atoms. The van der Waals surface area contributed by atoms with E-state index in [1.165, 1.54) is 24.3 Å². The summed E-state index contributed by atoms with van der Waals surface area (Å²) in [7, 11) is 0. The molecular weight excluding hydrogens is 672 g/mol. The van der Waals surface area contributed by atoms with Gasteiger partial charge in [-0.05, 0) is 116 Å². The highest BCUT2D eigenvalue weighted by molar-refractivity contribution is 6.04. The van der Waals surface area contributed by atoms with Crippen molar-refractivity contribution < 1.29 is 32.3 Å². The van der Waals surface area contributed by atoms with Gasteiger partial charge in [0.05, 0.1) is 12.2 Å². The lowest BCUT2D eigenvalue weighted by atomic mass is 10.0. The van der Waals surface area contributed by atoms with Gasteiger partial charge >= 0.3 is 6.18 Å². The number of aliphatic imine (C=N–C) groups is 1. The third-order valence-corrected chi connectivity index (χ3v) is 9.41. The number of amides is 1. The lowest BCUT2D eigenvalue weighted by Crippen LogP contribution is -2.48. The van der Waals surface area contributed by atoms with Gasteiger partial charge in [-0.1, -0.05) is 69.0 Å². The van der Waals surface area contributed by atoms with Gasteiger partial charge < -0.3 is 10.0 Å². The number of likely N-dealkylation sites (N-methyl/N-ethyl adjacent to an activating group) is 1. The minimum atomic E-state index is -4.38. The Bertz CT molecular complexity index is 1670. The van der Waals surface area contributed by atoms with Crippen molar-refractivity contribution in [1.82, 2.24) is 15.3 Å². The van der Waals surface area contributed by atoms with Crippen molar-refractivity contribution in [2.45, 2.75) is 78.4 Å². The number of aliphatic hydroxyl groups is 1. The van der Waals surface area contributed by atoms with Crippen LogP contribution in [0.4, 0.5) is 17.6 Å². The summed E-state index contributed by atoms with van der Waals surface area (Å²) in [5, 5.41) is 11.1. The van der Waals surface area contributed by atoms with E-state index >= 15 is 0 Å². The van der Waals surface area contributed by atoms with E-state index in [1.54, 1.807) is 12.1 Å². The number of aryl methyl sites for hydroxylation is 1. The van der Waals surface area contributed by atoms with E-state index in [2.05, 4.69) is 35.8 Å². The fourth-order valence-corrected chi connectivity index (χ4v) is 6.16. The topological polar surface area (TPSA) is 77.4 Å². The molecule has 11 heteroatoms. The van der Waals surface area contributed by atoms with Crippen molar-refractivity contribution in [2.75, 3.05) is 32.8 Å². The van der Waals surface area contributed by atoms with E-state index in [0.717, 1.165) is 78.2 Å². The van der Waals surface area contributed by atoms with Gasteiger partial charge in [0.2, 0.25) is 0 Å². The van der Waals surface area contributed by atoms with Crippen molar-refractivity contribution >= 4 is 11.6 Å². The second kappa shape index (κ2) is 19.7. The van der Waals surface area contributed by atoms with E-state index in [9.17, 15) is 27.5 Å². The fraction of sp³-hybridized carbons (Fsp3) is 0.415. The summed E-state index contributed by atoms with van der Waals surface area (Å²) in [6.45, 7) is 13.9. The predicted octanol–water partition coefficient (Wildman–Crippen LogP) is 8.50. The molecule has 4 rings (SSSR count). The first-order valence-corrected chi connectivity index (χ1v) is 17.9. The van der Waals surface area contributed by atoms with Crippen molar-refractivity contribution in [3.63, 3.8) is 0 Å². The highest BCUT2D eigenvalue weighted by Gasteiger charge is 2.30. The Balaban J connectivity index is 1.31. The first kappa shape index (κ1) is 40.8. The van der Waals surface area contributed by atoms with Crippen LogP contribution in [0.2, 0.25) is 0 Å². The van der Waals surface area contributed by atoms with Crippen LogP contribution in [0.5, 0.6) is 0 Å². The zero-order valence-corrected chi connectivity index (χ0v) is 30.3. The number of halogens is 4. The number of hydrogen-bond acceptors (Lipinski definition) is 6. The van der Waals surface area contributed by atoms with Gasteiger partial charge in [0.1, 0.15) is 5.82 Å². The quantitative estimate of drug-likeness (QED) is 0.0425. The molecule has 0 radical (unpaired) electrons. The summed E-state index contributed by atoms with van der Waals surface area (Å²) in [4.78, 5) is 27.3. The third kappa shape index (κ3) is 12.3. The molecule has 2 N–H and O–H groups in total. The number of carbonyl (C=O) groups excluding carboxylic acids is 1. The maximum atomic E-state index is 13.2. The summed E-state index contributed by atoms with van der Waals surface area (Å²) in [6, 6.07) is 18.9. The molecule has 1 amide bonds. The number of hydrogen-bond donors (Lipinski definition) is 2.